The molecule has 38 heavy (non-hydrogen) atoms. The summed E-state index contributed by atoms with van der Waals surface area (Å²) in [6.45, 7) is 4.26. The van der Waals surface area contributed by atoms with E-state index < -0.39 is 11.9 Å². The number of amides is 1. The Bertz CT molecular complexity index is 1250. The standard InChI is InChI=1S/C30H32ClF2N2O2S/c31-24-4-1-7-28(18-24)38-17-3-14-35-15-12-23(13-16-35)29(21-35)37-30(36)34(27-6-2-5-26(33)19-27)20-22-8-10-25(32)11-9-22/h1-2,4-11,18-19,23,29H,3,12-17,20-21H2/q+1. The Morgan fingerprint density at radius 2 is 1.76 bits per heavy atom. The summed E-state index contributed by atoms with van der Waals surface area (Å²) in [6, 6.07) is 19.9. The summed E-state index contributed by atoms with van der Waals surface area (Å²) in [7, 11) is 0. The van der Waals surface area contributed by atoms with E-state index in [0.29, 0.717) is 11.6 Å². The molecule has 0 saturated carbocycles. The predicted molar refractivity (Wildman–Crippen MR) is 148 cm³/mol. The van der Waals surface area contributed by atoms with E-state index in [1.807, 2.05) is 30.0 Å². The van der Waals surface area contributed by atoms with Gasteiger partial charge < -0.3 is 9.22 Å². The average molecular weight is 558 g/mol. The van der Waals surface area contributed by atoms with Crippen molar-refractivity contribution in [3.05, 3.63) is 95.0 Å². The summed E-state index contributed by atoms with van der Waals surface area (Å²) in [5, 5.41) is 0.756. The van der Waals surface area contributed by atoms with E-state index in [4.69, 9.17) is 16.3 Å². The number of piperidine rings is 3. The third-order valence-corrected chi connectivity index (χ3v) is 9.04. The number of nitrogens with zero attached hydrogens (tertiary/aromatic N) is 2. The molecule has 1 atom stereocenters. The smallest absolute Gasteiger partial charge is 0.415 e. The molecule has 3 heterocycles. The van der Waals surface area contributed by atoms with Crippen molar-refractivity contribution in [3.8, 4) is 0 Å². The molecular formula is C30H32ClF2N2O2S+. The first kappa shape index (κ1) is 27.0. The first-order chi connectivity index (χ1) is 18.4. The van der Waals surface area contributed by atoms with Crippen molar-refractivity contribution >= 4 is 35.1 Å². The molecular weight excluding hydrogens is 526 g/mol. The van der Waals surface area contributed by atoms with Crippen molar-refractivity contribution < 1.29 is 22.8 Å². The van der Waals surface area contributed by atoms with Crippen LogP contribution in [0.2, 0.25) is 5.02 Å². The van der Waals surface area contributed by atoms with E-state index in [0.717, 1.165) is 66.3 Å². The fourth-order valence-electron chi connectivity index (χ4n) is 5.69. The first-order valence-corrected chi connectivity index (χ1v) is 14.5. The third kappa shape index (κ3) is 6.68. The van der Waals surface area contributed by atoms with E-state index >= 15 is 0 Å². The Balaban J connectivity index is 1.23. The summed E-state index contributed by atoms with van der Waals surface area (Å²) >= 11 is 7.93. The highest BCUT2D eigenvalue weighted by molar-refractivity contribution is 7.99. The Morgan fingerprint density at radius 3 is 2.50 bits per heavy atom. The van der Waals surface area contributed by atoms with Crippen LogP contribution in [0.5, 0.6) is 0 Å². The minimum Gasteiger partial charge on any atom is -0.440 e. The molecule has 8 heteroatoms. The molecule has 0 aromatic heterocycles. The maximum atomic E-state index is 14.1. The highest BCUT2D eigenvalue weighted by Crippen LogP contribution is 2.37. The maximum Gasteiger partial charge on any atom is 0.415 e. The minimum atomic E-state index is -0.492. The van der Waals surface area contributed by atoms with Gasteiger partial charge >= 0.3 is 6.09 Å². The summed E-state index contributed by atoms with van der Waals surface area (Å²) < 4.78 is 34.6. The topological polar surface area (TPSA) is 29.5 Å². The summed E-state index contributed by atoms with van der Waals surface area (Å²) in [6.07, 6.45) is 2.49. The lowest BCUT2D eigenvalue weighted by molar-refractivity contribution is -0.946. The Kier molecular flexibility index (Phi) is 8.56. The van der Waals surface area contributed by atoms with E-state index in [1.165, 1.54) is 34.1 Å². The number of hydrogen-bond donors (Lipinski definition) is 0. The molecule has 0 aliphatic carbocycles. The van der Waals surface area contributed by atoms with Gasteiger partial charge in [0, 0.05) is 40.9 Å². The number of halogens is 3. The lowest BCUT2D eigenvalue weighted by atomic mass is 9.83. The van der Waals surface area contributed by atoms with Crippen LogP contribution in [-0.2, 0) is 11.3 Å². The summed E-state index contributed by atoms with van der Waals surface area (Å²) in [4.78, 5) is 16.1. The van der Waals surface area contributed by atoms with Crippen LogP contribution in [0.4, 0.5) is 19.3 Å². The molecule has 3 aliphatic rings. The van der Waals surface area contributed by atoms with Crippen LogP contribution in [0.15, 0.2) is 77.7 Å². The molecule has 3 fully saturated rings. The number of ether oxygens (including phenoxy) is 1. The van der Waals surface area contributed by atoms with Gasteiger partial charge in [0.1, 0.15) is 18.2 Å². The van der Waals surface area contributed by atoms with Gasteiger partial charge in [-0.25, -0.2) is 13.6 Å². The third-order valence-electron chi connectivity index (χ3n) is 7.73. The number of carbonyl (C=O) groups excluding carboxylic acids is 1. The fourth-order valence-corrected chi connectivity index (χ4v) is 6.84. The highest BCUT2D eigenvalue weighted by atomic mass is 35.5. The molecule has 6 rings (SSSR count). The number of benzene rings is 3. The van der Waals surface area contributed by atoms with Gasteiger partial charge in [-0.15, -0.1) is 11.8 Å². The average Bonchev–Trinajstić information content (AvgIpc) is 2.91. The first-order valence-electron chi connectivity index (χ1n) is 13.1. The van der Waals surface area contributed by atoms with E-state index in [1.54, 1.807) is 24.3 Å². The van der Waals surface area contributed by atoms with Gasteiger partial charge in [0.2, 0.25) is 0 Å². The van der Waals surface area contributed by atoms with Crippen LogP contribution in [0.25, 0.3) is 0 Å². The number of carbonyl (C=O) groups is 1. The number of quaternary nitrogens is 1. The fraction of sp³-hybridized carbons (Fsp3) is 0.367. The van der Waals surface area contributed by atoms with Crippen LogP contribution in [0, 0.1) is 17.6 Å². The van der Waals surface area contributed by atoms with Gasteiger partial charge in [-0.05, 0) is 54.1 Å². The molecule has 0 spiro atoms. The van der Waals surface area contributed by atoms with Crippen molar-refractivity contribution in [1.82, 2.24) is 0 Å². The Labute approximate surface area is 232 Å². The monoisotopic (exact) mass is 557 g/mol. The van der Waals surface area contributed by atoms with Gasteiger partial charge in [-0.2, -0.15) is 0 Å². The molecule has 0 N–H and O–H groups in total. The molecule has 3 aliphatic heterocycles. The molecule has 200 valence electrons. The molecule has 4 nitrogen and oxygen atoms in total. The van der Waals surface area contributed by atoms with Crippen molar-refractivity contribution in [2.45, 2.75) is 36.8 Å². The van der Waals surface area contributed by atoms with Gasteiger partial charge in [0.15, 0.2) is 6.10 Å². The number of fused-ring (bicyclic) bond motifs is 3. The number of anilines is 1. The predicted octanol–water partition coefficient (Wildman–Crippen LogP) is 7.55. The van der Waals surface area contributed by atoms with Crippen molar-refractivity contribution in [2.75, 3.05) is 36.8 Å². The van der Waals surface area contributed by atoms with Gasteiger partial charge in [-0.3, -0.25) is 4.90 Å². The van der Waals surface area contributed by atoms with Gasteiger partial charge in [-0.1, -0.05) is 35.9 Å². The molecule has 0 radical (unpaired) electrons. The lowest BCUT2D eigenvalue weighted by Crippen LogP contribution is -2.65. The van der Waals surface area contributed by atoms with E-state index in [9.17, 15) is 13.6 Å². The van der Waals surface area contributed by atoms with Crippen LogP contribution in [0.1, 0.15) is 24.8 Å². The number of rotatable bonds is 9. The van der Waals surface area contributed by atoms with Crippen LogP contribution in [-0.4, -0.2) is 48.6 Å². The SMILES string of the molecule is O=C(OC1C[N+]2(CCCSc3cccc(Cl)c3)CCC1CC2)N(Cc1ccc(F)cc1)c1cccc(F)c1. The number of thioether (sulfide) groups is 1. The van der Waals surface area contributed by atoms with Crippen LogP contribution in [0.3, 0.4) is 0 Å². The quantitative estimate of drug-likeness (QED) is 0.154. The maximum absolute atomic E-state index is 14.1. The molecule has 3 saturated heterocycles. The second-order valence-electron chi connectivity index (χ2n) is 10.3. The normalized spacial score (nSPS) is 22.3. The molecule has 1 amide bonds. The zero-order valence-corrected chi connectivity index (χ0v) is 22.8. The summed E-state index contributed by atoms with van der Waals surface area (Å²) in [5.41, 5.74) is 1.16. The molecule has 3 aromatic carbocycles. The van der Waals surface area contributed by atoms with E-state index in [2.05, 4.69) is 6.07 Å². The largest absolute Gasteiger partial charge is 0.440 e. The van der Waals surface area contributed by atoms with Crippen molar-refractivity contribution in [3.63, 3.8) is 0 Å². The highest BCUT2D eigenvalue weighted by Gasteiger charge is 2.47. The minimum absolute atomic E-state index is 0.167. The van der Waals surface area contributed by atoms with Gasteiger partial charge in [0.05, 0.1) is 31.9 Å². The molecule has 3 aromatic rings. The van der Waals surface area contributed by atoms with Crippen molar-refractivity contribution in [2.24, 2.45) is 5.92 Å². The molecule has 2 bridgehead atoms. The second kappa shape index (κ2) is 12.1. The van der Waals surface area contributed by atoms with E-state index in [-0.39, 0.29) is 18.5 Å². The van der Waals surface area contributed by atoms with Crippen LogP contribution < -0.4 is 4.90 Å². The zero-order chi connectivity index (χ0) is 26.5. The van der Waals surface area contributed by atoms with Gasteiger partial charge in [0.25, 0.3) is 0 Å². The van der Waals surface area contributed by atoms with Crippen molar-refractivity contribution in [1.29, 1.82) is 0 Å². The second-order valence-corrected chi connectivity index (χ2v) is 11.9. The molecule has 1 unspecified atom stereocenters. The Morgan fingerprint density at radius 1 is 1.00 bits per heavy atom. The lowest BCUT2D eigenvalue weighted by Gasteiger charge is -2.52. The zero-order valence-electron chi connectivity index (χ0n) is 21.2. The van der Waals surface area contributed by atoms with Crippen LogP contribution >= 0.6 is 23.4 Å². The summed E-state index contributed by atoms with van der Waals surface area (Å²) in [5.74, 6) is 0.586. The Hall–Kier alpha value is -2.61. The number of hydrogen-bond acceptors (Lipinski definition) is 3.